The highest BCUT2D eigenvalue weighted by Gasteiger charge is 2.16. The van der Waals surface area contributed by atoms with Crippen LogP contribution >= 0.6 is 11.6 Å². The van der Waals surface area contributed by atoms with Crippen LogP contribution in [0.4, 0.5) is 10.1 Å². The Morgan fingerprint density at radius 2 is 1.95 bits per heavy atom. The van der Waals surface area contributed by atoms with Crippen LogP contribution < -0.4 is 5.73 Å². The Morgan fingerprint density at radius 3 is 2.79 bits per heavy atom. The second kappa shape index (κ2) is 4.71. The lowest BCUT2D eigenvalue weighted by molar-refractivity contribution is 0.625. The van der Waals surface area contributed by atoms with E-state index in [2.05, 4.69) is 0 Å². The second-order valence-electron chi connectivity index (χ2n) is 4.75. The molecule has 2 N–H and O–H groups in total. The zero-order chi connectivity index (χ0) is 13.4. The summed E-state index contributed by atoms with van der Waals surface area (Å²) in [5.74, 6) is -0.249. The minimum absolute atomic E-state index is 0.249. The van der Waals surface area contributed by atoms with Gasteiger partial charge in [0.25, 0.3) is 0 Å². The molecule has 0 fully saturated rings. The lowest BCUT2D eigenvalue weighted by Crippen LogP contribution is -1.88. The minimum atomic E-state index is -0.249. The van der Waals surface area contributed by atoms with Gasteiger partial charge in [-0.05, 0) is 65.9 Å². The topological polar surface area (TPSA) is 26.0 Å². The second-order valence-corrected chi connectivity index (χ2v) is 5.19. The highest BCUT2D eigenvalue weighted by molar-refractivity contribution is 6.30. The predicted molar refractivity (Wildman–Crippen MR) is 78.5 cm³/mol. The zero-order valence-corrected chi connectivity index (χ0v) is 11.0. The van der Waals surface area contributed by atoms with E-state index in [9.17, 15) is 4.39 Å². The third-order valence-corrected chi connectivity index (χ3v) is 3.66. The van der Waals surface area contributed by atoms with Crippen molar-refractivity contribution in [1.29, 1.82) is 0 Å². The number of halogens is 2. The van der Waals surface area contributed by atoms with Crippen molar-refractivity contribution in [2.45, 2.75) is 12.8 Å². The largest absolute Gasteiger partial charge is 0.399 e. The molecule has 0 aliphatic heterocycles. The van der Waals surface area contributed by atoms with Gasteiger partial charge in [-0.1, -0.05) is 17.7 Å². The van der Waals surface area contributed by atoms with Crippen LogP contribution in [0.5, 0.6) is 0 Å². The summed E-state index contributed by atoms with van der Waals surface area (Å²) in [4.78, 5) is 0. The smallest absolute Gasteiger partial charge is 0.130 e. The molecule has 3 rings (SSSR count). The van der Waals surface area contributed by atoms with Gasteiger partial charge in [0.1, 0.15) is 5.82 Å². The molecule has 0 amide bonds. The number of anilines is 1. The number of rotatable bonds is 1. The normalized spacial score (nSPS) is 15.8. The molecule has 0 heterocycles. The van der Waals surface area contributed by atoms with Gasteiger partial charge in [0.05, 0.1) is 0 Å². The molecule has 0 bridgehead atoms. The third kappa shape index (κ3) is 2.36. The molecule has 1 nitrogen and oxygen atoms in total. The maximum Gasteiger partial charge on any atom is 0.130 e. The number of hydrogen-bond donors (Lipinski definition) is 1. The fourth-order valence-corrected chi connectivity index (χ4v) is 2.68. The van der Waals surface area contributed by atoms with Crippen LogP contribution in [0.1, 0.15) is 23.1 Å². The number of hydrogen-bond acceptors (Lipinski definition) is 1. The molecule has 0 saturated carbocycles. The Morgan fingerprint density at radius 1 is 1.11 bits per heavy atom. The van der Waals surface area contributed by atoms with Gasteiger partial charge in [0, 0.05) is 16.3 Å². The Bertz CT molecular complexity index is 676. The van der Waals surface area contributed by atoms with E-state index < -0.39 is 0 Å². The van der Waals surface area contributed by atoms with E-state index in [0.29, 0.717) is 10.6 Å². The van der Waals surface area contributed by atoms with E-state index in [0.717, 1.165) is 29.7 Å². The molecule has 2 aromatic carbocycles. The maximum atomic E-state index is 13.7. The van der Waals surface area contributed by atoms with Gasteiger partial charge in [-0.3, -0.25) is 0 Å². The van der Waals surface area contributed by atoms with Crippen molar-refractivity contribution in [3.05, 3.63) is 63.9 Å². The SMILES string of the molecule is Nc1ccc2c(c1)CC/C2=C\c1cc(Cl)ccc1F. The lowest BCUT2D eigenvalue weighted by atomic mass is 10.0. The van der Waals surface area contributed by atoms with Crippen molar-refractivity contribution in [2.24, 2.45) is 0 Å². The van der Waals surface area contributed by atoms with Crippen molar-refractivity contribution >= 4 is 28.9 Å². The van der Waals surface area contributed by atoms with Gasteiger partial charge in [-0.25, -0.2) is 4.39 Å². The van der Waals surface area contributed by atoms with Gasteiger partial charge in [-0.15, -0.1) is 0 Å². The van der Waals surface area contributed by atoms with E-state index in [1.165, 1.54) is 11.6 Å². The van der Waals surface area contributed by atoms with Gasteiger partial charge >= 0.3 is 0 Å². The van der Waals surface area contributed by atoms with E-state index in [-0.39, 0.29) is 5.82 Å². The molecule has 2 aromatic rings. The van der Waals surface area contributed by atoms with Crippen LogP contribution in [-0.4, -0.2) is 0 Å². The molecule has 0 aromatic heterocycles. The minimum Gasteiger partial charge on any atom is -0.399 e. The van der Waals surface area contributed by atoms with Crippen molar-refractivity contribution in [3.63, 3.8) is 0 Å². The molecule has 0 unspecified atom stereocenters. The van der Waals surface area contributed by atoms with Crippen LogP contribution in [0.2, 0.25) is 5.02 Å². The maximum absolute atomic E-state index is 13.7. The van der Waals surface area contributed by atoms with Crippen molar-refractivity contribution < 1.29 is 4.39 Å². The average Bonchev–Trinajstić information content (AvgIpc) is 2.76. The zero-order valence-electron chi connectivity index (χ0n) is 10.3. The lowest BCUT2D eigenvalue weighted by Gasteiger charge is -2.04. The summed E-state index contributed by atoms with van der Waals surface area (Å²) in [6, 6.07) is 10.5. The number of allylic oxidation sites excluding steroid dienone is 1. The fraction of sp³-hybridized carbons (Fsp3) is 0.125. The first-order chi connectivity index (χ1) is 9.13. The number of fused-ring (bicyclic) bond motifs is 1. The predicted octanol–water partition coefficient (Wildman–Crippen LogP) is 4.55. The summed E-state index contributed by atoms with van der Waals surface area (Å²) in [6.07, 6.45) is 3.74. The third-order valence-electron chi connectivity index (χ3n) is 3.43. The van der Waals surface area contributed by atoms with Crippen LogP contribution in [0.15, 0.2) is 36.4 Å². The fourth-order valence-electron chi connectivity index (χ4n) is 2.50. The van der Waals surface area contributed by atoms with Gasteiger partial charge < -0.3 is 5.73 Å². The first-order valence-electron chi connectivity index (χ1n) is 6.18. The summed E-state index contributed by atoms with van der Waals surface area (Å²) < 4.78 is 13.7. The molecule has 3 heteroatoms. The average molecular weight is 274 g/mol. The number of nitrogen functional groups attached to an aromatic ring is 1. The molecule has 96 valence electrons. The quantitative estimate of drug-likeness (QED) is 0.758. The van der Waals surface area contributed by atoms with E-state index in [1.807, 2.05) is 24.3 Å². The Balaban J connectivity index is 2.05. The van der Waals surface area contributed by atoms with Crippen molar-refractivity contribution in [2.75, 3.05) is 5.73 Å². The van der Waals surface area contributed by atoms with Gasteiger partial charge in [0.15, 0.2) is 0 Å². The standard InChI is InChI=1S/C16H13ClFN/c17-13-3-6-16(18)12(8-13)7-10-1-2-11-9-14(19)4-5-15(10)11/h3-9H,1-2,19H2/b10-7+. The van der Waals surface area contributed by atoms with E-state index in [4.69, 9.17) is 17.3 Å². The van der Waals surface area contributed by atoms with E-state index >= 15 is 0 Å². The molecular weight excluding hydrogens is 261 g/mol. The van der Waals surface area contributed by atoms with Crippen LogP contribution in [0.25, 0.3) is 11.6 Å². The Hall–Kier alpha value is -1.80. The summed E-state index contributed by atoms with van der Waals surface area (Å²) in [6.45, 7) is 0. The number of nitrogens with two attached hydrogens (primary N) is 1. The summed E-state index contributed by atoms with van der Waals surface area (Å²) in [5.41, 5.74) is 10.6. The molecule has 0 saturated heterocycles. The highest BCUT2D eigenvalue weighted by Crippen LogP contribution is 2.35. The molecule has 19 heavy (non-hydrogen) atoms. The van der Waals surface area contributed by atoms with Crippen LogP contribution in [0.3, 0.4) is 0 Å². The molecule has 0 atom stereocenters. The van der Waals surface area contributed by atoms with E-state index in [1.54, 1.807) is 12.1 Å². The first kappa shape index (κ1) is 12.2. The van der Waals surface area contributed by atoms with Gasteiger partial charge in [0.2, 0.25) is 0 Å². The van der Waals surface area contributed by atoms with Crippen molar-refractivity contribution in [3.8, 4) is 0 Å². The number of benzene rings is 2. The summed E-state index contributed by atoms with van der Waals surface area (Å²) in [5, 5.41) is 0.545. The monoisotopic (exact) mass is 273 g/mol. The molecule has 0 radical (unpaired) electrons. The highest BCUT2D eigenvalue weighted by atomic mass is 35.5. The molecular formula is C16H13ClFN. The van der Waals surface area contributed by atoms with Crippen molar-refractivity contribution in [1.82, 2.24) is 0 Å². The summed E-state index contributed by atoms with van der Waals surface area (Å²) >= 11 is 5.91. The van der Waals surface area contributed by atoms with Gasteiger partial charge in [-0.2, -0.15) is 0 Å². The van der Waals surface area contributed by atoms with Crippen LogP contribution in [-0.2, 0) is 6.42 Å². The Labute approximate surface area is 116 Å². The Kier molecular flexibility index (Phi) is 3.03. The molecule has 0 spiro atoms. The first-order valence-corrected chi connectivity index (χ1v) is 6.56. The summed E-state index contributed by atoms with van der Waals surface area (Å²) in [7, 11) is 0. The number of aryl methyl sites for hydroxylation is 1. The molecule has 1 aliphatic carbocycles. The molecule has 1 aliphatic rings. The van der Waals surface area contributed by atoms with Crippen LogP contribution in [0, 0.1) is 5.82 Å².